The summed E-state index contributed by atoms with van der Waals surface area (Å²) in [5.74, 6) is 0.826. The van der Waals surface area contributed by atoms with Gasteiger partial charge in [0.15, 0.2) is 0 Å². The summed E-state index contributed by atoms with van der Waals surface area (Å²) in [6.45, 7) is 6.73. The third kappa shape index (κ3) is 4.27. The van der Waals surface area contributed by atoms with Gasteiger partial charge >= 0.3 is 0 Å². The lowest BCUT2D eigenvalue weighted by atomic mass is 10.2. The minimum atomic E-state index is -0.196. The number of carbonyl (C=O) groups is 1. The Balaban J connectivity index is 2.02. The SMILES string of the molecule is Cc1ccccc1Nc1cnc(C(=O)NCC(C)C)cn1. The zero-order chi connectivity index (χ0) is 15.2. The number of para-hydroxylation sites is 1. The van der Waals surface area contributed by atoms with Crippen LogP contribution in [0.3, 0.4) is 0 Å². The van der Waals surface area contributed by atoms with Gasteiger partial charge in [-0.15, -0.1) is 0 Å². The molecule has 0 radical (unpaired) electrons. The van der Waals surface area contributed by atoms with E-state index in [-0.39, 0.29) is 5.91 Å². The van der Waals surface area contributed by atoms with E-state index < -0.39 is 0 Å². The lowest BCUT2D eigenvalue weighted by Gasteiger charge is -2.09. The molecule has 0 saturated carbocycles. The molecule has 5 nitrogen and oxygen atoms in total. The second kappa shape index (κ2) is 6.83. The van der Waals surface area contributed by atoms with Crippen LogP contribution in [0.4, 0.5) is 11.5 Å². The zero-order valence-corrected chi connectivity index (χ0v) is 12.6. The maximum atomic E-state index is 11.8. The van der Waals surface area contributed by atoms with Crippen molar-refractivity contribution in [1.82, 2.24) is 15.3 Å². The van der Waals surface area contributed by atoms with E-state index >= 15 is 0 Å². The van der Waals surface area contributed by atoms with Gasteiger partial charge in [-0.1, -0.05) is 32.0 Å². The molecule has 0 aliphatic heterocycles. The van der Waals surface area contributed by atoms with Crippen molar-refractivity contribution in [3.05, 3.63) is 47.9 Å². The smallest absolute Gasteiger partial charge is 0.271 e. The quantitative estimate of drug-likeness (QED) is 0.886. The Morgan fingerprint density at radius 2 is 1.95 bits per heavy atom. The number of hydrogen-bond donors (Lipinski definition) is 2. The summed E-state index contributed by atoms with van der Waals surface area (Å²) in [6.07, 6.45) is 3.05. The first kappa shape index (κ1) is 15.0. The van der Waals surface area contributed by atoms with Gasteiger partial charge in [0.05, 0.1) is 12.4 Å². The number of rotatable bonds is 5. The van der Waals surface area contributed by atoms with Gasteiger partial charge < -0.3 is 10.6 Å². The van der Waals surface area contributed by atoms with Gasteiger partial charge in [0, 0.05) is 12.2 Å². The molecule has 110 valence electrons. The molecule has 0 saturated heterocycles. The molecule has 0 aliphatic carbocycles. The van der Waals surface area contributed by atoms with Gasteiger partial charge in [-0.3, -0.25) is 4.79 Å². The summed E-state index contributed by atoms with van der Waals surface area (Å²) in [4.78, 5) is 20.2. The van der Waals surface area contributed by atoms with E-state index in [1.165, 1.54) is 6.20 Å². The second-order valence-electron chi connectivity index (χ2n) is 5.33. The summed E-state index contributed by atoms with van der Waals surface area (Å²) in [5.41, 5.74) is 2.42. The maximum absolute atomic E-state index is 11.8. The number of benzene rings is 1. The predicted molar refractivity (Wildman–Crippen MR) is 83.7 cm³/mol. The number of amides is 1. The molecule has 2 rings (SSSR count). The van der Waals surface area contributed by atoms with Crippen molar-refractivity contribution in [2.24, 2.45) is 5.92 Å². The average molecular weight is 284 g/mol. The molecule has 1 aromatic carbocycles. The largest absolute Gasteiger partial charge is 0.350 e. The van der Waals surface area contributed by atoms with Gasteiger partial charge in [0.25, 0.3) is 5.91 Å². The lowest BCUT2D eigenvalue weighted by molar-refractivity contribution is 0.0943. The standard InChI is InChI=1S/C16H20N4O/c1-11(2)8-19-16(21)14-9-18-15(10-17-14)20-13-7-5-4-6-12(13)3/h4-7,9-11H,8H2,1-3H3,(H,18,20)(H,19,21). The molecule has 0 aliphatic rings. The van der Waals surface area contributed by atoms with Crippen molar-refractivity contribution in [1.29, 1.82) is 0 Å². The number of nitrogens with zero attached hydrogens (tertiary/aromatic N) is 2. The van der Waals surface area contributed by atoms with Crippen LogP contribution in [0, 0.1) is 12.8 Å². The zero-order valence-electron chi connectivity index (χ0n) is 12.6. The molecule has 0 bridgehead atoms. The first-order chi connectivity index (χ1) is 10.1. The summed E-state index contributed by atoms with van der Waals surface area (Å²) in [6, 6.07) is 7.93. The molecular formula is C16H20N4O. The Bertz CT molecular complexity index is 608. The van der Waals surface area contributed by atoms with Gasteiger partial charge in [-0.05, 0) is 24.5 Å². The predicted octanol–water partition coefficient (Wildman–Crippen LogP) is 2.91. The highest BCUT2D eigenvalue weighted by Crippen LogP contribution is 2.17. The molecule has 2 aromatic rings. The monoisotopic (exact) mass is 284 g/mol. The molecule has 0 fully saturated rings. The van der Waals surface area contributed by atoms with Gasteiger partial charge in [0.2, 0.25) is 0 Å². The van der Waals surface area contributed by atoms with Gasteiger partial charge in [-0.2, -0.15) is 0 Å². The molecule has 0 spiro atoms. The molecule has 1 amide bonds. The minimum Gasteiger partial charge on any atom is -0.350 e. The maximum Gasteiger partial charge on any atom is 0.271 e. The van der Waals surface area contributed by atoms with E-state index in [0.717, 1.165) is 11.3 Å². The summed E-state index contributed by atoms with van der Waals surface area (Å²) < 4.78 is 0. The van der Waals surface area contributed by atoms with E-state index in [9.17, 15) is 4.79 Å². The molecule has 1 heterocycles. The first-order valence-electron chi connectivity index (χ1n) is 6.99. The van der Waals surface area contributed by atoms with Crippen molar-refractivity contribution in [3.63, 3.8) is 0 Å². The Morgan fingerprint density at radius 1 is 1.19 bits per heavy atom. The number of nitrogens with one attached hydrogen (secondary N) is 2. The van der Waals surface area contributed by atoms with Crippen LogP contribution in [0.2, 0.25) is 0 Å². The molecule has 1 aromatic heterocycles. The summed E-state index contributed by atoms with van der Waals surface area (Å²) in [7, 11) is 0. The highest BCUT2D eigenvalue weighted by molar-refractivity contribution is 5.92. The number of carbonyl (C=O) groups excluding carboxylic acids is 1. The Morgan fingerprint density at radius 3 is 2.57 bits per heavy atom. The van der Waals surface area contributed by atoms with Crippen LogP contribution in [0.15, 0.2) is 36.7 Å². The Kier molecular flexibility index (Phi) is 4.87. The van der Waals surface area contributed by atoms with Gasteiger partial charge in [0.1, 0.15) is 11.5 Å². The van der Waals surface area contributed by atoms with Crippen LogP contribution in [0.5, 0.6) is 0 Å². The van der Waals surface area contributed by atoms with Crippen LogP contribution in [0.25, 0.3) is 0 Å². The molecule has 2 N–H and O–H groups in total. The Hall–Kier alpha value is -2.43. The minimum absolute atomic E-state index is 0.196. The summed E-state index contributed by atoms with van der Waals surface area (Å²) >= 11 is 0. The highest BCUT2D eigenvalue weighted by atomic mass is 16.1. The fourth-order valence-electron chi connectivity index (χ4n) is 1.75. The van der Waals surface area contributed by atoms with Crippen molar-refractivity contribution >= 4 is 17.4 Å². The number of anilines is 2. The van der Waals surface area contributed by atoms with Crippen LogP contribution in [-0.2, 0) is 0 Å². The number of aryl methyl sites for hydroxylation is 1. The van der Waals surface area contributed by atoms with E-state index in [2.05, 4.69) is 20.6 Å². The van der Waals surface area contributed by atoms with Crippen LogP contribution >= 0.6 is 0 Å². The van der Waals surface area contributed by atoms with E-state index in [0.29, 0.717) is 24.0 Å². The van der Waals surface area contributed by atoms with E-state index in [4.69, 9.17) is 0 Å². The van der Waals surface area contributed by atoms with Crippen molar-refractivity contribution in [2.45, 2.75) is 20.8 Å². The van der Waals surface area contributed by atoms with Crippen molar-refractivity contribution in [3.8, 4) is 0 Å². The van der Waals surface area contributed by atoms with Crippen LogP contribution in [-0.4, -0.2) is 22.4 Å². The van der Waals surface area contributed by atoms with Gasteiger partial charge in [-0.25, -0.2) is 9.97 Å². The van der Waals surface area contributed by atoms with E-state index in [1.807, 2.05) is 45.0 Å². The van der Waals surface area contributed by atoms with Crippen LogP contribution in [0.1, 0.15) is 29.9 Å². The number of hydrogen-bond acceptors (Lipinski definition) is 4. The lowest BCUT2D eigenvalue weighted by Crippen LogP contribution is -2.28. The molecule has 5 heteroatoms. The fourth-order valence-corrected chi connectivity index (χ4v) is 1.75. The first-order valence-corrected chi connectivity index (χ1v) is 6.99. The van der Waals surface area contributed by atoms with Crippen molar-refractivity contribution < 1.29 is 4.79 Å². The molecule has 21 heavy (non-hydrogen) atoms. The second-order valence-corrected chi connectivity index (χ2v) is 5.33. The third-order valence-electron chi connectivity index (χ3n) is 2.96. The van der Waals surface area contributed by atoms with Crippen molar-refractivity contribution in [2.75, 3.05) is 11.9 Å². The average Bonchev–Trinajstić information content (AvgIpc) is 2.48. The fraction of sp³-hybridized carbons (Fsp3) is 0.312. The molecule has 0 atom stereocenters. The normalized spacial score (nSPS) is 10.5. The molecular weight excluding hydrogens is 264 g/mol. The number of aromatic nitrogens is 2. The Labute approximate surface area is 124 Å². The topological polar surface area (TPSA) is 66.9 Å². The summed E-state index contributed by atoms with van der Waals surface area (Å²) in [5, 5.41) is 6.00. The highest BCUT2D eigenvalue weighted by Gasteiger charge is 2.08. The molecule has 0 unspecified atom stereocenters. The third-order valence-corrected chi connectivity index (χ3v) is 2.96. The van der Waals surface area contributed by atoms with E-state index in [1.54, 1.807) is 6.20 Å². The van der Waals surface area contributed by atoms with Crippen LogP contribution < -0.4 is 10.6 Å².